The summed E-state index contributed by atoms with van der Waals surface area (Å²) in [6.07, 6.45) is -6.22. The molecular formula is C6H13O6P. The van der Waals surface area contributed by atoms with Gasteiger partial charge in [-0.1, -0.05) is 9.24 Å². The summed E-state index contributed by atoms with van der Waals surface area (Å²) in [6, 6.07) is 0. The smallest absolute Gasteiger partial charge is 0.184 e. The highest BCUT2D eigenvalue weighted by molar-refractivity contribution is 7.18. The fraction of sp³-hybridized carbons (Fsp3) is 1.00. The molecule has 5 N–H and O–H groups in total. The Morgan fingerprint density at radius 2 is 1.69 bits per heavy atom. The van der Waals surface area contributed by atoms with Gasteiger partial charge in [0.15, 0.2) is 6.29 Å². The zero-order chi connectivity index (χ0) is 10.2. The molecule has 1 rings (SSSR count). The van der Waals surface area contributed by atoms with Gasteiger partial charge in [0.1, 0.15) is 23.7 Å². The van der Waals surface area contributed by atoms with Crippen LogP contribution in [0.15, 0.2) is 0 Å². The monoisotopic (exact) mass is 212 g/mol. The molecule has 0 aromatic rings. The zero-order valence-corrected chi connectivity index (χ0v) is 7.89. The van der Waals surface area contributed by atoms with Crippen molar-refractivity contribution in [2.45, 2.75) is 29.9 Å². The largest absolute Gasteiger partial charge is 0.393 e. The summed E-state index contributed by atoms with van der Waals surface area (Å²) >= 11 is 0. The van der Waals surface area contributed by atoms with Gasteiger partial charge >= 0.3 is 0 Å². The van der Waals surface area contributed by atoms with E-state index in [-0.39, 0.29) is 0 Å². The standard InChI is InChI=1S/C6H13O6P/c7-1-6(13)4(10)2(8)3(9)5(11)12-6/h2-5,7-11H,1,13H2/t2-,3+,4-,5?,6+/m0/s1. The molecule has 1 aliphatic heterocycles. The lowest BCUT2D eigenvalue weighted by Gasteiger charge is -2.44. The highest BCUT2D eigenvalue weighted by atomic mass is 31.0. The van der Waals surface area contributed by atoms with E-state index < -0.39 is 36.6 Å². The van der Waals surface area contributed by atoms with E-state index in [0.29, 0.717) is 0 Å². The lowest BCUT2D eigenvalue weighted by atomic mass is 9.99. The molecule has 13 heavy (non-hydrogen) atoms. The number of hydrogen-bond acceptors (Lipinski definition) is 6. The van der Waals surface area contributed by atoms with Crippen molar-refractivity contribution >= 4 is 9.24 Å². The van der Waals surface area contributed by atoms with E-state index in [4.69, 9.17) is 20.1 Å². The number of rotatable bonds is 1. The van der Waals surface area contributed by atoms with Gasteiger partial charge in [0.2, 0.25) is 0 Å². The van der Waals surface area contributed by atoms with E-state index in [2.05, 4.69) is 0 Å². The molecular weight excluding hydrogens is 199 g/mol. The van der Waals surface area contributed by atoms with Crippen molar-refractivity contribution < 1.29 is 30.3 Å². The zero-order valence-electron chi connectivity index (χ0n) is 6.74. The first-order chi connectivity index (χ1) is 5.92. The summed E-state index contributed by atoms with van der Waals surface area (Å²) in [5.41, 5.74) is 0. The van der Waals surface area contributed by atoms with Crippen molar-refractivity contribution in [3.63, 3.8) is 0 Å². The summed E-state index contributed by atoms with van der Waals surface area (Å²) in [5, 5.41) is 44.0. The van der Waals surface area contributed by atoms with Gasteiger partial charge in [-0.05, 0) is 0 Å². The second kappa shape index (κ2) is 3.74. The summed E-state index contributed by atoms with van der Waals surface area (Å²) in [7, 11) is 1.99. The topological polar surface area (TPSA) is 110 Å². The average Bonchev–Trinajstić information content (AvgIpc) is 2.12. The molecule has 0 aromatic carbocycles. The molecule has 7 heteroatoms. The predicted octanol–water partition coefficient (Wildman–Crippen LogP) is -3.02. The third-order valence-corrected chi connectivity index (χ3v) is 2.71. The second-order valence-corrected chi connectivity index (χ2v) is 4.02. The average molecular weight is 212 g/mol. The molecule has 1 aliphatic rings. The van der Waals surface area contributed by atoms with Crippen LogP contribution in [-0.4, -0.2) is 62.1 Å². The quantitative estimate of drug-likeness (QED) is 0.296. The highest BCUT2D eigenvalue weighted by Gasteiger charge is 2.50. The van der Waals surface area contributed by atoms with Gasteiger partial charge in [0.25, 0.3) is 0 Å². The fourth-order valence-electron chi connectivity index (χ4n) is 1.14. The third kappa shape index (κ3) is 1.85. The molecule has 2 unspecified atom stereocenters. The molecule has 6 atom stereocenters. The Morgan fingerprint density at radius 1 is 1.15 bits per heavy atom. The molecule has 1 saturated heterocycles. The van der Waals surface area contributed by atoms with E-state index >= 15 is 0 Å². The molecule has 0 saturated carbocycles. The van der Waals surface area contributed by atoms with Crippen LogP contribution in [0.4, 0.5) is 0 Å². The lowest BCUT2D eigenvalue weighted by molar-refractivity contribution is -0.298. The minimum absolute atomic E-state index is 0.598. The highest BCUT2D eigenvalue weighted by Crippen LogP contribution is 2.33. The Kier molecular flexibility index (Phi) is 3.24. The van der Waals surface area contributed by atoms with Crippen LogP contribution in [0, 0.1) is 0 Å². The van der Waals surface area contributed by atoms with Crippen LogP contribution >= 0.6 is 9.24 Å². The maximum absolute atomic E-state index is 9.36. The maximum Gasteiger partial charge on any atom is 0.184 e. The van der Waals surface area contributed by atoms with E-state index in [1.165, 1.54) is 0 Å². The van der Waals surface area contributed by atoms with Crippen molar-refractivity contribution in [1.29, 1.82) is 0 Å². The van der Waals surface area contributed by atoms with Crippen LogP contribution in [0.2, 0.25) is 0 Å². The van der Waals surface area contributed by atoms with Crippen LogP contribution in [0.1, 0.15) is 0 Å². The third-order valence-electron chi connectivity index (χ3n) is 2.05. The number of hydrogen-bond donors (Lipinski definition) is 5. The molecule has 0 aromatic heterocycles. The van der Waals surface area contributed by atoms with Crippen molar-refractivity contribution in [2.24, 2.45) is 0 Å². The van der Waals surface area contributed by atoms with Gasteiger partial charge in [-0.2, -0.15) is 0 Å². The molecule has 0 amide bonds. The van der Waals surface area contributed by atoms with Crippen LogP contribution < -0.4 is 0 Å². The van der Waals surface area contributed by atoms with Gasteiger partial charge in [0.05, 0.1) is 6.61 Å². The SMILES string of the molecule is OC[C@]1(P)OC(O)[C@H](O)[C@H](O)[C@@H]1O. The van der Waals surface area contributed by atoms with E-state index in [9.17, 15) is 10.2 Å². The summed E-state index contributed by atoms with van der Waals surface area (Å²) in [6.45, 7) is -0.598. The van der Waals surface area contributed by atoms with E-state index in [1.54, 1.807) is 0 Å². The van der Waals surface area contributed by atoms with Gasteiger partial charge in [-0.3, -0.25) is 0 Å². The van der Waals surface area contributed by atoms with Gasteiger partial charge in [-0.15, -0.1) is 0 Å². The summed E-state index contributed by atoms with van der Waals surface area (Å²) < 4.78 is 4.73. The Balaban J connectivity index is 2.82. The van der Waals surface area contributed by atoms with Gasteiger partial charge in [-0.25, -0.2) is 0 Å². The molecule has 1 fully saturated rings. The van der Waals surface area contributed by atoms with Crippen molar-refractivity contribution in [3.8, 4) is 0 Å². The van der Waals surface area contributed by atoms with Crippen molar-refractivity contribution in [3.05, 3.63) is 0 Å². The Bertz CT molecular complexity index is 190. The summed E-state index contributed by atoms with van der Waals surface area (Å²) in [5.74, 6) is 0. The molecule has 0 aliphatic carbocycles. The van der Waals surface area contributed by atoms with Crippen LogP contribution in [0.3, 0.4) is 0 Å². The van der Waals surface area contributed by atoms with Gasteiger partial charge in [0, 0.05) is 0 Å². The van der Waals surface area contributed by atoms with E-state index in [1.807, 2.05) is 9.24 Å². The number of aliphatic hydroxyl groups is 5. The summed E-state index contributed by atoms with van der Waals surface area (Å²) in [4.78, 5) is 0. The Hall–Kier alpha value is 0.190. The first-order valence-electron chi connectivity index (χ1n) is 3.72. The van der Waals surface area contributed by atoms with E-state index in [0.717, 1.165) is 0 Å². The van der Waals surface area contributed by atoms with Crippen molar-refractivity contribution in [2.75, 3.05) is 6.61 Å². The van der Waals surface area contributed by atoms with Crippen molar-refractivity contribution in [1.82, 2.24) is 0 Å². The Morgan fingerprint density at radius 3 is 2.15 bits per heavy atom. The first kappa shape index (κ1) is 11.3. The molecule has 1 heterocycles. The van der Waals surface area contributed by atoms with Gasteiger partial charge < -0.3 is 30.3 Å². The maximum atomic E-state index is 9.36. The number of ether oxygens (including phenoxy) is 1. The molecule has 6 nitrogen and oxygen atoms in total. The molecule has 78 valence electrons. The van der Waals surface area contributed by atoms with Crippen LogP contribution in [-0.2, 0) is 4.74 Å². The fourth-order valence-corrected chi connectivity index (χ4v) is 1.48. The lowest BCUT2D eigenvalue weighted by Crippen LogP contribution is -2.63. The molecule has 0 radical (unpaired) electrons. The first-order valence-corrected chi connectivity index (χ1v) is 4.30. The number of aliphatic hydroxyl groups excluding tert-OH is 5. The molecule has 0 spiro atoms. The minimum Gasteiger partial charge on any atom is -0.393 e. The van der Waals surface area contributed by atoms with Crippen LogP contribution in [0.5, 0.6) is 0 Å². The second-order valence-electron chi connectivity index (χ2n) is 3.05. The van der Waals surface area contributed by atoms with Crippen LogP contribution in [0.25, 0.3) is 0 Å². The normalized spacial score (nSPS) is 52.2. The predicted molar refractivity (Wildman–Crippen MR) is 44.6 cm³/mol. The Labute approximate surface area is 77.0 Å². The molecule has 0 bridgehead atoms. The minimum atomic E-state index is -1.62.